The first-order valence-corrected chi connectivity index (χ1v) is 14.5. The van der Waals surface area contributed by atoms with Crippen molar-refractivity contribution in [2.24, 2.45) is 11.1 Å². The highest BCUT2D eigenvalue weighted by Crippen LogP contribution is 2.59. The number of nitrogens with one attached hydrogen (secondary N) is 3. The van der Waals surface area contributed by atoms with Gasteiger partial charge < -0.3 is 30.7 Å². The van der Waals surface area contributed by atoms with Gasteiger partial charge in [-0.1, -0.05) is 26.0 Å². The molecule has 0 bridgehead atoms. The van der Waals surface area contributed by atoms with Crippen molar-refractivity contribution in [1.82, 2.24) is 15.5 Å². The number of amidine groups is 1. The molecule has 0 unspecified atom stereocenters. The summed E-state index contributed by atoms with van der Waals surface area (Å²) < 4.78 is 11.1. The van der Waals surface area contributed by atoms with Crippen molar-refractivity contribution in [1.29, 1.82) is 5.41 Å². The Balaban J connectivity index is 1.03. The molecule has 10 nitrogen and oxygen atoms in total. The summed E-state index contributed by atoms with van der Waals surface area (Å²) in [6.45, 7) is 6.31. The Morgan fingerprint density at radius 3 is 2.58 bits per heavy atom. The number of nitrogens with two attached hydrogens (primary N) is 1. The highest BCUT2D eigenvalue weighted by molar-refractivity contribution is 7.10. The Kier molecular flexibility index (Phi) is 7.87. The lowest BCUT2D eigenvalue weighted by molar-refractivity contribution is -0.140. The molecular weight excluding hydrogens is 530 g/mol. The molecule has 0 radical (unpaired) electrons. The van der Waals surface area contributed by atoms with E-state index in [1.54, 1.807) is 16.3 Å². The molecule has 2 saturated heterocycles. The molecule has 5 N–H and O–H groups in total. The molecule has 3 heterocycles. The fraction of sp³-hybridized carbons (Fsp3) is 0.517. The summed E-state index contributed by atoms with van der Waals surface area (Å²) in [7, 11) is 0. The number of hydrogen-bond donors (Lipinski definition) is 4. The van der Waals surface area contributed by atoms with E-state index in [9.17, 15) is 14.4 Å². The van der Waals surface area contributed by atoms with Gasteiger partial charge in [-0.15, -0.1) is 11.3 Å². The minimum Gasteiger partial charge on any atom is -0.494 e. The number of hydrogen-bond acceptors (Lipinski definition) is 7. The minimum absolute atomic E-state index is 0.0107. The summed E-state index contributed by atoms with van der Waals surface area (Å²) in [5.41, 5.74) is 7.41. The Morgan fingerprint density at radius 1 is 1.18 bits per heavy atom. The SMILES string of the molecule is CC1(c2ccc(OCCCC(=O)NCC(=O)N3[C@H]4C[C@@]4(C)C[C@H]3C(=O)NCc3cc(C(=N)N)cs3)cc2)COC1. The third-order valence-electron chi connectivity index (χ3n) is 8.27. The molecule has 3 atom stereocenters. The summed E-state index contributed by atoms with van der Waals surface area (Å²) in [5.74, 6) is 0.0848. The number of carbonyl (C=O) groups excluding carboxylic acids is 3. The van der Waals surface area contributed by atoms with Crippen LogP contribution >= 0.6 is 11.3 Å². The van der Waals surface area contributed by atoms with Crippen LogP contribution in [0.2, 0.25) is 0 Å². The van der Waals surface area contributed by atoms with Gasteiger partial charge in [0.15, 0.2) is 0 Å². The van der Waals surface area contributed by atoms with Crippen LogP contribution in [0.5, 0.6) is 5.75 Å². The van der Waals surface area contributed by atoms with Crippen LogP contribution in [0.4, 0.5) is 0 Å². The number of fused-ring (bicyclic) bond motifs is 1. The van der Waals surface area contributed by atoms with Crippen LogP contribution in [0.3, 0.4) is 0 Å². The number of thiophene rings is 1. The van der Waals surface area contributed by atoms with Gasteiger partial charge in [-0.2, -0.15) is 0 Å². The van der Waals surface area contributed by atoms with E-state index in [1.807, 2.05) is 12.1 Å². The molecule has 1 aromatic heterocycles. The van der Waals surface area contributed by atoms with Crippen molar-refractivity contribution in [2.75, 3.05) is 26.4 Å². The van der Waals surface area contributed by atoms with Gasteiger partial charge in [0.25, 0.3) is 0 Å². The predicted molar refractivity (Wildman–Crippen MR) is 151 cm³/mol. The second-order valence-corrected chi connectivity index (χ2v) is 12.6. The van der Waals surface area contributed by atoms with Crippen LogP contribution in [0, 0.1) is 10.8 Å². The van der Waals surface area contributed by atoms with Crippen LogP contribution in [-0.4, -0.2) is 66.9 Å². The number of nitrogen functional groups attached to an aromatic ring is 1. The van der Waals surface area contributed by atoms with Crippen LogP contribution in [0.1, 0.15) is 55.5 Å². The van der Waals surface area contributed by atoms with Crippen molar-refractivity contribution in [3.63, 3.8) is 0 Å². The zero-order chi connectivity index (χ0) is 28.5. The van der Waals surface area contributed by atoms with E-state index in [4.69, 9.17) is 20.6 Å². The molecular formula is C29H37N5O5S. The average Bonchev–Trinajstić information content (AvgIpc) is 3.24. The van der Waals surface area contributed by atoms with E-state index in [2.05, 4.69) is 36.6 Å². The van der Waals surface area contributed by atoms with E-state index in [0.717, 1.165) is 30.3 Å². The fourth-order valence-corrected chi connectivity index (χ4v) is 6.40. The summed E-state index contributed by atoms with van der Waals surface area (Å²) in [4.78, 5) is 41.1. The van der Waals surface area contributed by atoms with Crippen molar-refractivity contribution < 1.29 is 23.9 Å². The topological polar surface area (TPSA) is 147 Å². The maximum Gasteiger partial charge on any atom is 0.243 e. The van der Waals surface area contributed by atoms with Gasteiger partial charge in [0, 0.05) is 33.7 Å². The number of rotatable bonds is 12. The van der Waals surface area contributed by atoms with E-state index in [1.165, 1.54) is 16.9 Å². The molecule has 214 valence electrons. The highest BCUT2D eigenvalue weighted by Gasteiger charge is 2.64. The van der Waals surface area contributed by atoms with Gasteiger partial charge in [-0.05, 0) is 48.4 Å². The lowest BCUT2D eigenvalue weighted by atomic mass is 9.81. The van der Waals surface area contributed by atoms with Crippen LogP contribution in [0.15, 0.2) is 35.7 Å². The van der Waals surface area contributed by atoms with Crippen molar-refractivity contribution in [3.05, 3.63) is 51.7 Å². The molecule has 1 aliphatic carbocycles. The first kappa shape index (κ1) is 28.1. The third kappa shape index (κ3) is 6.00. The first-order valence-electron chi connectivity index (χ1n) is 13.7. The maximum atomic E-state index is 13.1. The standard InChI is InChI=1S/C29H37N5O5S/c1-28-11-22(27(37)33-13-21-10-18(15-40-21)26(30)31)34(23(28)12-28)25(36)14-32-24(35)4-3-9-39-20-7-5-19(6-8-20)29(2)16-38-17-29/h5-8,10,15,22-23H,3-4,9,11-14,16-17H2,1-2H3,(H3,30,31)(H,32,35)(H,33,37)/t22-,23-,28+/m0/s1. The van der Waals surface area contributed by atoms with E-state index in [-0.39, 0.29) is 53.4 Å². The number of ether oxygens (including phenoxy) is 2. The van der Waals surface area contributed by atoms with Crippen LogP contribution in [0.25, 0.3) is 0 Å². The summed E-state index contributed by atoms with van der Waals surface area (Å²) in [6, 6.07) is 9.24. The monoisotopic (exact) mass is 567 g/mol. The Bertz CT molecular complexity index is 1290. The molecule has 2 aliphatic heterocycles. The number of nitrogens with zero attached hydrogens (tertiary/aromatic N) is 1. The largest absolute Gasteiger partial charge is 0.494 e. The number of piperidine rings is 1. The van der Waals surface area contributed by atoms with E-state index in [0.29, 0.717) is 31.6 Å². The zero-order valence-corrected chi connectivity index (χ0v) is 23.8. The van der Waals surface area contributed by atoms with Gasteiger partial charge >= 0.3 is 0 Å². The van der Waals surface area contributed by atoms with Crippen molar-refractivity contribution in [2.45, 2.75) is 63.6 Å². The molecule has 0 spiro atoms. The second-order valence-electron chi connectivity index (χ2n) is 11.6. The molecule has 1 aromatic carbocycles. The molecule has 1 saturated carbocycles. The Morgan fingerprint density at radius 2 is 1.93 bits per heavy atom. The molecule has 3 amide bonds. The summed E-state index contributed by atoms with van der Waals surface area (Å²) in [5, 5.41) is 14.9. The number of benzene rings is 1. The lowest BCUT2D eigenvalue weighted by Gasteiger charge is -2.38. The minimum atomic E-state index is -0.556. The normalized spacial score (nSPS) is 24.0. The number of likely N-dealkylation sites (tertiary alicyclic amines) is 1. The van der Waals surface area contributed by atoms with E-state index >= 15 is 0 Å². The van der Waals surface area contributed by atoms with Crippen molar-refractivity contribution in [3.8, 4) is 5.75 Å². The van der Waals surface area contributed by atoms with Gasteiger partial charge in [0.05, 0.1) is 32.9 Å². The summed E-state index contributed by atoms with van der Waals surface area (Å²) in [6.07, 6.45) is 2.25. The second kappa shape index (κ2) is 11.2. The smallest absolute Gasteiger partial charge is 0.243 e. The average molecular weight is 568 g/mol. The van der Waals surface area contributed by atoms with Gasteiger partial charge in [-0.3, -0.25) is 19.8 Å². The maximum absolute atomic E-state index is 13.1. The molecule has 5 rings (SSSR count). The quantitative estimate of drug-likeness (QED) is 0.176. The summed E-state index contributed by atoms with van der Waals surface area (Å²) >= 11 is 1.42. The molecule has 3 fully saturated rings. The van der Waals surface area contributed by atoms with Gasteiger partial charge in [0.1, 0.15) is 17.6 Å². The Hall–Kier alpha value is -3.44. The van der Waals surface area contributed by atoms with Crippen molar-refractivity contribution >= 4 is 34.9 Å². The highest BCUT2D eigenvalue weighted by atomic mass is 32.1. The van der Waals surface area contributed by atoms with Crippen LogP contribution < -0.4 is 21.1 Å². The number of amides is 3. The zero-order valence-electron chi connectivity index (χ0n) is 23.0. The Labute approximate surface area is 238 Å². The third-order valence-corrected chi connectivity index (χ3v) is 9.21. The first-order chi connectivity index (χ1) is 19.1. The molecule has 11 heteroatoms. The lowest BCUT2D eigenvalue weighted by Crippen LogP contribution is -2.50. The number of carbonyl (C=O) groups is 3. The van der Waals surface area contributed by atoms with Crippen LogP contribution in [-0.2, 0) is 31.1 Å². The van der Waals surface area contributed by atoms with Gasteiger partial charge in [-0.25, -0.2) is 0 Å². The fourth-order valence-electron chi connectivity index (χ4n) is 5.57. The predicted octanol–water partition coefficient (Wildman–Crippen LogP) is 2.29. The molecule has 40 heavy (non-hydrogen) atoms. The van der Waals surface area contributed by atoms with E-state index < -0.39 is 6.04 Å². The molecule has 3 aliphatic rings. The van der Waals surface area contributed by atoms with Gasteiger partial charge in [0.2, 0.25) is 17.7 Å². The molecule has 2 aromatic rings.